The maximum Gasteiger partial charge on any atom is 0.243 e. The fourth-order valence-electron chi connectivity index (χ4n) is 3.15. The number of methoxy groups -OCH3 is 1. The Kier molecular flexibility index (Phi) is 4.82. The average Bonchev–Trinajstić information content (AvgIpc) is 2.73. The summed E-state index contributed by atoms with van der Waals surface area (Å²) in [4.78, 5) is 8.95. The number of sulfonamides is 1. The molecule has 0 atom stereocenters. The molecule has 28 heavy (non-hydrogen) atoms. The van der Waals surface area contributed by atoms with Crippen molar-refractivity contribution < 1.29 is 17.5 Å². The van der Waals surface area contributed by atoms with Crippen LogP contribution in [0.2, 0.25) is 0 Å². The minimum atomic E-state index is -3.77. The fourth-order valence-corrected chi connectivity index (χ4v) is 4.60. The van der Waals surface area contributed by atoms with Crippen molar-refractivity contribution in [2.24, 2.45) is 0 Å². The van der Waals surface area contributed by atoms with E-state index in [9.17, 15) is 12.8 Å². The number of ether oxygens (including phenoxy) is 1. The number of fused-ring (bicyclic) bond motifs is 1. The molecular formula is C20H18FN3O3S. The van der Waals surface area contributed by atoms with Gasteiger partial charge < -0.3 is 4.74 Å². The lowest BCUT2D eigenvalue weighted by atomic mass is 10.1. The maximum absolute atomic E-state index is 13.4. The molecule has 2 heterocycles. The van der Waals surface area contributed by atoms with Crippen LogP contribution in [0.5, 0.6) is 5.75 Å². The van der Waals surface area contributed by atoms with Crippen LogP contribution in [0.3, 0.4) is 0 Å². The zero-order valence-electron chi connectivity index (χ0n) is 15.2. The molecule has 144 valence electrons. The summed E-state index contributed by atoms with van der Waals surface area (Å²) in [6.45, 7) is 0.446. The van der Waals surface area contributed by atoms with Gasteiger partial charge in [-0.15, -0.1) is 0 Å². The molecule has 3 aromatic rings. The van der Waals surface area contributed by atoms with Gasteiger partial charge in [-0.05, 0) is 42.5 Å². The summed E-state index contributed by atoms with van der Waals surface area (Å²) in [6, 6.07) is 12.5. The Balaban J connectivity index is 1.59. The van der Waals surface area contributed by atoms with Gasteiger partial charge in [0.15, 0.2) is 5.82 Å². The molecule has 0 N–H and O–H groups in total. The molecule has 0 aliphatic carbocycles. The number of aromatic nitrogens is 2. The number of nitrogens with zero attached hydrogens (tertiary/aromatic N) is 3. The molecule has 0 amide bonds. The molecule has 1 aliphatic heterocycles. The lowest BCUT2D eigenvalue weighted by Gasteiger charge is -2.27. The van der Waals surface area contributed by atoms with Gasteiger partial charge in [0.05, 0.1) is 17.7 Å². The second-order valence-corrected chi connectivity index (χ2v) is 8.38. The van der Waals surface area contributed by atoms with Crippen LogP contribution in [-0.2, 0) is 23.0 Å². The highest BCUT2D eigenvalue weighted by Gasteiger charge is 2.29. The van der Waals surface area contributed by atoms with Gasteiger partial charge in [-0.1, -0.05) is 6.07 Å². The number of hydrogen-bond acceptors (Lipinski definition) is 5. The maximum atomic E-state index is 13.4. The molecule has 4 rings (SSSR count). The van der Waals surface area contributed by atoms with Crippen molar-refractivity contribution >= 4 is 10.0 Å². The summed E-state index contributed by atoms with van der Waals surface area (Å²) in [6.07, 6.45) is 2.13. The quantitative estimate of drug-likeness (QED) is 0.674. The normalized spacial score (nSPS) is 14.5. The van der Waals surface area contributed by atoms with E-state index in [2.05, 4.69) is 9.97 Å². The number of benzene rings is 2. The van der Waals surface area contributed by atoms with E-state index in [4.69, 9.17) is 4.74 Å². The van der Waals surface area contributed by atoms with E-state index in [1.807, 2.05) is 24.3 Å². The molecule has 0 saturated carbocycles. The van der Waals surface area contributed by atoms with Crippen LogP contribution in [0.1, 0.15) is 11.3 Å². The molecule has 0 saturated heterocycles. The summed E-state index contributed by atoms with van der Waals surface area (Å²) in [7, 11) is -2.17. The van der Waals surface area contributed by atoms with Crippen LogP contribution in [-0.4, -0.2) is 36.3 Å². The highest BCUT2D eigenvalue weighted by Crippen LogP contribution is 2.26. The van der Waals surface area contributed by atoms with Crippen LogP contribution in [0, 0.1) is 5.82 Å². The Hall–Kier alpha value is -2.84. The minimum absolute atomic E-state index is 0.0493. The van der Waals surface area contributed by atoms with Crippen molar-refractivity contribution in [2.45, 2.75) is 17.9 Å². The summed E-state index contributed by atoms with van der Waals surface area (Å²) < 4.78 is 45.5. The van der Waals surface area contributed by atoms with E-state index in [-0.39, 0.29) is 18.0 Å². The Morgan fingerprint density at radius 3 is 2.64 bits per heavy atom. The number of rotatable bonds is 4. The first-order valence-electron chi connectivity index (χ1n) is 8.72. The Labute approximate surface area is 162 Å². The van der Waals surface area contributed by atoms with Gasteiger partial charge in [0.25, 0.3) is 0 Å². The molecule has 6 nitrogen and oxygen atoms in total. The average molecular weight is 399 g/mol. The van der Waals surface area contributed by atoms with Crippen LogP contribution in [0.25, 0.3) is 11.4 Å². The predicted molar refractivity (Wildman–Crippen MR) is 102 cm³/mol. The Morgan fingerprint density at radius 2 is 1.93 bits per heavy atom. The van der Waals surface area contributed by atoms with Gasteiger partial charge in [-0.25, -0.2) is 22.8 Å². The SMILES string of the molecule is COc1ccc(-c2ncc3c(n2)CCN(S(=O)(=O)c2cccc(F)c2)C3)cc1. The summed E-state index contributed by atoms with van der Waals surface area (Å²) >= 11 is 0. The predicted octanol–water partition coefficient (Wildman–Crippen LogP) is 3.04. The molecule has 1 aromatic heterocycles. The van der Waals surface area contributed by atoms with Crippen LogP contribution < -0.4 is 4.74 Å². The summed E-state index contributed by atoms with van der Waals surface area (Å²) in [5.41, 5.74) is 2.44. The Bertz CT molecular complexity index is 1120. The summed E-state index contributed by atoms with van der Waals surface area (Å²) in [5.74, 6) is 0.758. The third-order valence-electron chi connectivity index (χ3n) is 4.68. The van der Waals surface area contributed by atoms with Gasteiger partial charge >= 0.3 is 0 Å². The topological polar surface area (TPSA) is 72.4 Å². The third kappa shape index (κ3) is 3.48. The van der Waals surface area contributed by atoms with Crippen LogP contribution >= 0.6 is 0 Å². The number of hydrogen-bond donors (Lipinski definition) is 0. The molecule has 0 spiro atoms. The van der Waals surface area contributed by atoms with Crippen LogP contribution in [0.4, 0.5) is 4.39 Å². The number of halogens is 1. The third-order valence-corrected chi connectivity index (χ3v) is 6.52. The van der Waals surface area contributed by atoms with Gasteiger partial charge in [0, 0.05) is 36.8 Å². The van der Waals surface area contributed by atoms with Crippen molar-refractivity contribution in [1.29, 1.82) is 0 Å². The minimum Gasteiger partial charge on any atom is -0.497 e. The smallest absolute Gasteiger partial charge is 0.243 e. The molecular weight excluding hydrogens is 381 g/mol. The largest absolute Gasteiger partial charge is 0.497 e. The van der Waals surface area contributed by atoms with E-state index in [1.165, 1.54) is 22.5 Å². The first kappa shape index (κ1) is 18.5. The molecule has 0 fully saturated rings. The molecule has 8 heteroatoms. The summed E-state index contributed by atoms with van der Waals surface area (Å²) in [5, 5.41) is 0. The molecule has 0 bridgehead atoms. The molecule has 2 aromatic carbocycles. The first-order valence-corrected chi connectivity index (χ1v) is 10.2. The standard InChI is InChI=1S/C20H18FN3O3S/c1-27-17-7-5-14(6-8-17)20-22-12-15-13-24(10-9-19(15)23-20)28(25,26)18-4-2-3-16(21)11-18/h2-8,11-12H,9-10,13H2,1H3. The zero-order valence-corrected chi connectivity index (χ0v) is 16.0. The van der Waals surface area contributed by atoms with Crippen molar-refractivity contribution in [3.8, 4) is 17.1 Å². The van der Waals surface area contributed by atoms with E-state index >= 15 is 0 Å². The van der Waals surface area contributed by atoms with Gasteiger partial charge in [-0.3, -0.25) is 0 Å². The molecule has 0 unspecified atom stereocenters. The Morgan fingerprint density at radius 1 is 1.14 bits per heavy atom. The monoisotopic (exact) mass is 399 g/mol. The highest BCUT2D eigenvalue weighted by molar-refractivity contribution is 7.89. The van der Waals surface area contributed by atoms with E-state index in [0.717, 1.165) is 28.6 Å². The fraction of sp³-hybridized carbons (Fsp3) is 0.200. The van der Waals surface area contributed by atoms with Crippen molar-refractivity contribution in [2.75, 3.05) is 13.7 Å². The molecule has 0 radical (unpaired) electrons. The lowest BCUT2D eigenvalue weighted by molar-refractivity contribution is 0.386. The van der Waals surface area contributed by atoms with E-state index < -0.39 is 15.8 Å². The second kappa shape index (κ2) is 7.29. The van der Waals surface area contributed by atoms with Gasteiger partial charge in [-0.2, -0.15) is 4.31 Å². The van der Waals surface area contributed by atoms with Crippen molar-refractivity contribution in [3.63, 3.8) is 0 Å². The van der Waals surface area contributed by atoms with Gasteiger partial charge in [0.2, 0.25) is 10.0 Å². The van der Waals surface area contributed by atoms with E-state index in [0.29, 0.717) is 12.2 Å². The second-order valence-electron chi connectivity index (χ2n) is 6.44. The molecule has 1 aliphatic rings. The highest BCUT2D eigenvalue weighted by atomic mass is 32.2. The zero-order chi connectivity index (χ0) is 19.7. The van der Waals surface area contributed by atoms with Crippen molar-refractivity contribution in [3.05, 3.63) is 71.8 Å². The van der Waals surface area contributed by atoms with Gasteiger partial charge in [0.1, 0.15) is 11.6 Å². The van der Waals surface area contributed by atoms with Crippen LogP contribution in [0.15, 0.2) is 59.6 Å². The van der Waals surface area contributed by atoms with Crippen molar-refractivity contribution in [1.82, 2.24) is 14.3 Å². The lowest BCUT2D eigenvalue weighted by Crippen LogP contribution is -2.36. The van der Waals surface area contributed by atoms with E-state index in [1.54, 1.807) is 13.3 Å². The first-order chi connectivity index (χ1) is 13.5.